The van der Waals surface area contributed by atoms with E-state index in [1.807, 2.05) is 0 Å². The Morgan fingerprint density at radius 2 is 1.73 bits per heavy atom. The largest absolute Gasteiger partial charge is 0.387 e. The van der Waals surface area contributed by atoms with Gasteiger partial charge >= 0.3 is 6.03 Å². The van der Waals surface area contributed by atoms with Crippen LogP contribution >= 0.6 is 0 Å². The molecule has 4 heteroatoms. The molecule has 154 valence electrons. The van der Waals surface area contributed by atoms with Crippen LogP contribution in [0.1, 0.15) is 30.7 Å². The summed E-state index contributed by atoms with van der Waals surface area (Å²) in [6.07, 6.45) is 3.72. The molecule has 2 bridgehead atoms. The van der Waals surface area contributed by atoms with E-state index < -0.39 is 5.60 Å². The fraction of sp³-hybridized carbons (Fsp3) is 0.577. The third kappa shape index (κ3) is 1.83. The molecule has 11 atom stereocenters. The Hall–Kier alpha value is -2.07. The zero-order chi connectivity index (χ0) is 19.8. The Kier molecular flexibility index (Phi) is 2.89. The van der Waals surface area contributed by atoms with Crippen LogP contribution in [0.4, 0.5) is 4.79 Å². The summed E-state index contributed by atoms with van der Waals surface area (Å²) < 4.78 is 0. The van der Waals surface area contributed by atoms with Crippen LogP contribution in [0.3, 0.4) is 0 Å². The van der Waals surface area contributed by atoms with Gasteiger partial charge in [0.15, 0.2) is 0 Å². The Bertz CT molecular complexity index is 1090. The smallest absolute Gasteiger partial charge is 0.315 e. The van der Waals surface area contributed by atoms with Crippen LogP contribution in [-0.2, 0) is 0 Å². The number of urea groups is 1. The molecule has 8 rings (SSSR count). The van der Waals surface area contributed by atoms with Gasteiger partial charge in [-0.3, -0.25) is 0 Å². The van der Waals surface area contributed by atoms with Crippen LogP contribution in [0.15, 0.2) is 42.5 Å². The maximum absolute atomic E-state index is 12.6. The van der Waals surface area contributed by atoms with Gasteiger partial charge in [0.1, 0.15) is 0 Å². The molecule has 4 nitrogen and oxygen atoms in total. The Morgan fingerprint density at radius 1 is 0.933 bits per heavy atom. The number of amides is 2. The number of rotatable bonds is 4. The molecule has 30 heavy (non-hydrogen) atoms. The molecule has 2 aromatic rings. The van der Waals surface area contributed by atoms with Crippen molar-refractivity contribution < 1.29 is 9.90 Å². The summed E-state index contributed by atoms with van der Waals surface area (Å²) in [6.45, 7) is 0.445. The van der Waals surface area contributed by atoms with E-state index in [-0.39, 0.29) is 12.1 Å². The number of nitrogens with one attached hydrogen (secondary N) is 2. The second kappa shape index (κ2) is 5.21. The molecule has 6 saturated carbocycles. The molecule has 3 N–H and O–H groups in total. The highest BCUT2D eigenvalue weighted by atomic mass is 16.3. The van der Waals surface area contributed by atoms with E-state index in [1.54, 1.807) is 0 Å². The van der Waals surface area contributed by atoms with Gasteiger partial charge in [0.05, 0.1) is 5.60 Å². The molecule has 2 aromatic carbocycles. The van der Waals surface area contributed by atoms with Crippen LogP contribution in [-0.4, -0.2) is 29.3 Å². The van der Waals surface area contributed by atoms with Crippen molar-refractivity contribution in [3.63, 3.8) is 0 Å². The summed E-state index contributed by atoms with van der Waals surface area (Å²) >= 11 is 0. The summed E-state index contributed by atoms with van der Waals surface area (Å²) in [7, 11) is 0. The van der Waals surface area contributed by atoms with Gasteiger partial charge in [-0.05, 0) is 82.9 Å². The molecule has 0 aromatic heterocycles. The van der Waals surface area contributed by atoms with E-state index in [2.05, 4.69) is 53.1 Å². The zero-order valence-corrected chi connectivity index (χ0v) is 17.0. The number of fused-ring (bicyclic) bond motifs is 3. The number of benzene rings is 2. The van der Waals surface area contributed by atoms with E-state index >= 15 is 0 Å². The number of hydrogen-bond donors (Lipinski definition) is 3. The van der Waals surface area contributed by atoms with Crippen molar-refractivity contribution in [3.05, 3.63) is 48.0 Å². The molecule has 0 heterocycles. The molecule has 6 aliphatic rings. The van der Waals surface area contributed by atoms with Gasteiger partial charge in [-0.2, -0.15) is 0 Å². The van der Waals surface area contributed by atoms with Crippen LogP contribution < -0.4 is 10.6 Å². The maximum Gasteiger partial charge on any atom is 0.315 e. The van der Waals surface area contributed by atoms with Crippen LogP contribution in [0.2, 0.25) is 0 Å². The second-order valence-electron chi connectivity index (χ2n) is 11.2. The highest BCUT2D eigenvalue weighted by Gasteiger charge is 2.84. The molecule has 9 unspecified atom stereocenters. The average molecular weight is 401 g/mol. The summed E-state index contributed by atoms with van der Waals surface area (Å²) in [4.78, 5) is 12.6. The third-order valence-corrected chi connectivity index (χ3v) is 10.4. The minimum absolute atomic E-state index is 0.102. The van der Waals surface area contributed by atoms with Crippen molar-refractivity contribution in [1.82, 2.24) is 10.6 Å². The highest BCUT2D eigenvalue weighted by Crippen LogP contribution is 2.85. The summed E-state index contributed by atoms with van der Waals surface area (Å²) in [5.41, 5.74) is 0.672. The number of carbonyl (C=O) groups excluding carboxylic acids is 1. The molecule has 0 spiro atoms. The van der Waals surface area contributed by atoms with Crippen LogP contribution in [0.5, 0.6) is 0 Å². The minimum Gasteiger partial charge on any atom is -0.387 e. The van der Waals surface area contributed by atoms with Gasteiger partial charge in [0, 0.05) is 18.5 Å². The Morgan fingerprint density at radius 3 is 2.63 bits per heavy atom. The Labute approximate surface area is 176 Å². The lowest BCUT2D eigenvalue weighted by atomic mass is 9.56. The average Bonchev–Trinajstić information content (AvgIpc) is 3.23. The molecule has 2 amide bonds. The first-order valence-electron chi connectivity index (χ1n) is 11.9. The lowest BCUT2D eigenvalue weighted by Crippen LogP contribution is -2.59. The fourth-order valence-electron chi connectivity index (χ4n) is 9.56. The molecule has 0 saturated heterocycles. The lowest BCUT2D eigenvalue weighted by molar-refractivity contribution is -0.126. The topological polar surface area (TPSA) is 61.4 Å². The van der Waals surface area contributed by atoms with Crippen LogP contribution in [0.25, 0.3) is 10.8 Å². The highest BCUT2D eigenvalue weighted by molar-refractivity contribution is 5.83. The first-order chi connectivity index (χ1) is 14.6. The number of aliphatic hydroxyl groups is 1. The van der Waals surface area contributed by atoms with E-state index in [0.717, 1.165) is 41.9 Å². The number of hydrogen-bond acceptors (Lipinski definition) is 2. The van der Waals surface area contributed by atoms with Crippen molar-refractivity contribution >= 4 is 16.8 Å². The van der Waals surface area contributed by atoms with Gasteiger partial charge < -0.3 is 15.7 Å². The molecule has 0 aliphatic heterocycles. The zero-order valence-electron chi connectivity index (χ0n) is 17.0. The van der Waals surface area contributed by atoms with E-state index in [4.69, 9.17) is 0 Å². The SMILES string of the molecule is O=C(NCC1(O)C2C3CC4C5C3CC2C5C41)N[C@@H]1C[C@H]1c1ccc2ccccc2c1. The molecular formula is C26H28N2O2. The van der Waals surface area contributed by atoms with Gasteiger partial charge in [0.2, 0.25) is 0 Å². The first-order valence-corrected chi connectivity index (χ1v) is 11.9. The van der Waals surface area contributed by atoms with E-state index in [1.165, 1.54) is 29.2 Å². The predicted octanol–water partition coefficient (Wildman–Crippen LogP) is 3.50. The quantitative estimate of drug-likeness (QED) is 0.736. The van der Waals surface area contributed by atoms with Crippen molar-refractivity contribution in [3.8, 4) is 0 Å². The summed E-state index contributed by atoms with van der Waals surface area (Å²) in [6, 6.07) is 15.2. The van der Waals surface area contributed by atoms with Gasteiger partial charge in [-0.15, -0.1) is 0 Å². The lowest BCUT2D eigenvalue weighted by Gasteiger charge is -2.51. The Balaban J connectivity index is 0.933. The van der Waals surface area contributed by atoms with Crippen molar-refractivity contribution in [2.24, 2.45) is 47.3 Å². The number of carbonyl (C=O) groups is 1. The van der Waals surface area contributed by atoms with Gasteiger partial charge in [0.25, 0.3) is 0 Å². The van der Waals surface area contributed by atoms with E-state index in [0.29, 0.717) is 24.3 Å². The van der Waals surface area contributed by atoms with E-state index in [9.17, 15) is 9.90 Å². The third-order valence-electron chi connectivity index (χ3n) is 10.4. The fourth-order valence-corrected chi connectivity index (χ4v) is 9.56. The minimum atomic E-state index is -0.636. The molecule has 6 fully saturated rings. The van der Waals surface area contributed by atoms with Gasteiger partial charge in [-0.1, -0.05) is 42.5 Å². The van der Waals surface area contributed by atoms with Crippen LogP contribution in [0, 0.1) is 47.3 Å². The van der Waals surface area contributed by atoms with Crippen molar-refractivity contribution in [2.75, 3.05) is 6.54 Å². The standard InChI is InChI=1S/C26H28N2O2/c29-25(28-20-10-15(20)14-6-5-12-3-1-2-4-13(12)7-14)27-11-26(30)23-17-9-18-21-16(17)8-19(23)22(21)24(18)26/h1-7,15-24,30H,8-11H2,(H2,27,28,29)/t15-,16?,17?,18?,19?,20+,21?,22?,23?,24?,26?/m0/s1. The normalized spacial score (nSPS) is 50.2. The maximum atomic E-state index is 12.6. The second-order valence-corrected chi connectivity index (χ2v) is 11.2. The van der Waals surface area contributed by atoms with Crippen molar-refractivity contribution in [2.45, 2.75) is 36.8 Å². The molecule has 0 radical (unpaired) electrons. The first kappa shape index (κ1) is 16.6. The molecular weight excluding hydrogens is 372 g/mol. The monoisotopic (exact) mass is 400 g/mol. The summed E-state index contributed by atoms with van der Waals surface area (Å²) in [5.74, 6) is 6.19. The van der Waals surface area contributed by atoms with Gasteiger partial charge in [-0.25, -0.2) is 4.79 Å². The predicted molar refractivity (Wildman–Crippen MR) is 114 cm³/mol. The van der Waals surface area contributed by atoms with Crippen molar-refractivity contribution in [1.29, 1.82) is 0 Å². The molecule has 6 aliphatic carbocycles. The summed E-state index contributed by atoms with van der Waals surface area (Å²) in [5, 5.41) is 20.4.